The SMILES string of the molecule is COc1ccc2[nH]c3c(c2c1)CCN3C(=O)/C(=C(/C)O)c1ccccc1. The number of H-pyrrole nitrogens is 1. The van der Waals surface area contributed by atoms with Gasteiger partial charge >= 0.3 is 0 Å². The fourth-order valence-electron chi connectivity index (χ4n) is 3.59. The summed E-state index contributed by atoms with van der Waals surface area (Å²) in [6.07, 6.45) is 0.765. The molecule has 0 bridgehead atoms. The number of nitrogens with zero attached hydrogens (tertiary/aromatic N) is 1. The first-order valence-corrected chi connectivity index (χ1v) is 8.56. The average Bonchev–Trinajstić information content (AvgIpc) is 3.21. The highest BCUT2D eigenvalue weighted by atomic mass is 16.5. The molecular formula is C21H20N2O3. The number of anilines is 1. The zero-order valence-corrected chi connectivity index (χ0v) is 14.7. The van der Waals surface area contributed by atoms with Crippen LogP contribution in [0.3, 0.4) is 0 Å². The van der Waals surface area contributed by atoms with E-state index in [2.05, 4.69) is 4.98 Å². The summed E-state index contributed by atoms with van der Waals surface area (Å²) in [6, 6.07) is 15.1. The number of aliphatic hydroxyl groups is 1. The van der Waals surface area contributed by atoms with E-state index in [0.29, 0.717) is 17.7 Å². The first-order chi connectivity index (χ1) is 12.6. The van der Waals surface area contributed by atoms with Gasteiger partial charge in [-0.15, -0.1) is 0 Å². The Morgan fingerprint density at radius 1 is 1.19 bits per heavy atom. The Kier molecular flexibility index (Phi) is 3.92. The molecule has 2 N–H and O–H groups in total. The van der Waals surface area contributed by atoms with Crippen LogP contribution in [0.15, 0.2) is 54.3 Å². The van der Waals surface area contributed by atoms with E-state index in [4.69, 9.17) is 4.74 Å². The second kappa shape index (κ2) is 6.26. The number of aromatic amines is 1. The predicted octanol–water partition coefficient (Wildman–Crippen LogP) is 4.05. The third-order valence-electron chi connectivity index (χ3n) is 4.83. The van der Waals surface area contributed by atoms with E-state index in [0.717, 1.165) is 34.5 Å². The number of nitrogens with one attached hydrogen (secondary N) is 1. The molecule has 3 aromatic rings. The standard InChI is InChI=1S/C21H20N2O3/c1-13(24)19(14-6-4-3-5-7-14)21(25)23-11-10-16-17-12-15(26-2)8-9-18(17)22-20(16)23/h3-9,12,22,24H,10-11H2,1-2H3/b19-13-. The van der Waals surface area contributed by atoms with Crippen molar-refractivity contribution in [1.82, 2.24) is 4.98 Å². The van der Waals surface area contributed by atoms with Crippen molar-refractivity contribution in [2.45, 2.75) is 13.3 Å². The molecule has 0 aliphatic carbocycles. The molecule has 0 saturated carbocycles. The molecule has 26 heavy (non-hydrogen) atoms. The lowest BCUT2D eigenvalue weighted by molar-refractivity contribution is -0.113. The molecule has 1 aliphatic heterocycles. The minimum Gasteiger partial charge on any atom is -0.512 e. The van der Waals surface area contributed by atoms with Gasteiger partial charge in [-0.1, -0.05) is 30.3 Å². The van der Waals surface area contributed by atoms with Crippen molar-refractivity contribution < 1.29 is 14.6 Å². The first-order valence-electron chi connectivity index (χ1n) is 8.56. The van der Waals surface area contributed by atoms with Crippen molar-refractivity contribution in [3.8, 4) is 5.75 Å². The van der Waals surface area contributed by atoms with E-state index in [1.165, 1.54) is 0 Å². The monoisotopic (exact) mass is 348 g/mol. The Balaban J connectivity index is 1.77. The van der Waals surface area contributed by atoms with Crippen LogP contribution in [0.5, 0.6) is 5.75 Å². The van der Waals surface area contributed by atoms with Gasteiger partial charge in [0.2, 0.25) is 0 Å². The van der Waals surface area contributed by atoms with Crippen LogP contribution in [0.1, 0.15) is 18.1 Å². The zero-order valence-electron chi connectivity index (χ0n) is 14.7. The van der Waals surface area contributed by atoms with Gasteiger partial charge in [-0.25, -0.2) is 0 Å². The number of ether oxygens (including phenoxy) is 1. The van der Waals surface area contributed by atoms with E-state index in [-0.39, 0.29) is 11.7 Å². The van der Waals surface area contributed by atoms with Gasteiger partial charge in [0.15, 0.2) is 0 Å². The second-order valence-corrected chi connectivity index (χ2v) is 6.40. The number of carbonyl (C=O) groups excluding carboxylic acids is 1. The van der Waals surface area contributed by atoms with Crippen molar-refractivity contribution in [1.29, 1.82) is 0 Å². The van der Waals surface area contributed by atoms with Crippen LogP contribution in [0, 0.1) is 0 Å². The average molecular weight is 348 g/mol. The molecule has 1 amide bonds. The third kappa shape index (κ3) is 2.52. The van der Waals surface area contributed by atoms with Crippen LogP contribution in [-0.2, 0) is 11.2 Å². The normalized spacial score (nSPS) is 14.3. The van der Waals surface area contributed by atoms with E-state index in [1.807, 2.05) is 48.5 Å². The first kappa shape index (κ1) is 16.3. The predicted molar refractivity (Wildman–Crippen MR) is 103 cm³/mol. The van der Waals surface area contributed by atoms with Crippen LogP contribution >= 0.6 is 0 Å². The maximum Gasteiger partial charge on any atom is 0.263 e. The van der Waals surface area contributed by atoms with Crippen LogP contribution in [0.4, 0.5) is 5.82 Å². The fourth-order valence-corrected chi connectivity index (χ4v) is 3.59. The highest BCUT2D eigenvalue weighted by molar-refractivity contribution is 6.27. The number of hydrogen-bond donors (Lipinski definition) is 2. The van der Waals surface area contributed by atoms with Crippen molar-refractivity contribution in [3.05, 3.63) is 65.4 Å². The van der Waals surface area contributed by atoms with E-state index in [1.54, 1.807) is 18.9 Å². The summed E-state index contributed by atoms with van der Waals surface area (Å²) in [5.74, 6) is 1.41. The molecule has 2 heterocycles. The molecule has 4 rings (SSSR count). The number of aromatic nitrogens is 1. The van der Waals surface area contributed by atoms with Gasteiger partial charge in [0.25, 0.3) is 5.91 Å². The summed E-state index contributed by atoms with van der Waals surface area (Å²) < 4.78 is 5.32. The van der Waals surface area contributed by atoms with Gasteiger partial charge in [-0.2, -0.15) is 0 Å². The lowest BCUT2D eigenvalue weighted by Crippen LogP contribution is -2.30. The molecule has 5 heteroatoms. The van der Waals surface area contributed by atoms with Gasteiger partial charge in [-0.05, 0) is 37.1 Å². The number of methoxy groups -OCH3 is 1. The largest absolute Gasteiger partial charge is 0.512 e. The van der Waals surface area contributed by atoms with Crippen LogP contribution in [-0.4, -0.2) is 29.7 Å². The lowest BCUT2D eigenvalue weighted by atomic mass is 10.0. The number of carbonyl (C=O) groups is 1. The molecule has 132 valence electrons. The van der Waals surface area contributed by atoms with Crippen molar-refractivity contribution >= 4 is 28.2 Å². The summed E-state index contributed by atoms with van der Waals surface area (Å²) in [7, 11) is 1.64. The summed E-state index contributed by atoms with van der Waals surface area (Å²) in [6.45, 7) is 2.13. The molecule has 0 atom stereocenters. The number of allylic oxidation sites excluding steroid dienone is 1. The van der Waals surface area contributed by atoms with Crippen molar-refractivity contribution in [3.63, 3.8) is 0 Å². The number of rotatable bonds is 3. The molecule has 1 aliphatic rings. The van der Waals surface area contributed by atoms with Crippen molar-refractivity contribution in [2.75, 3.05) is 18.6 Å². The van der Waals surface area contributed by atoms with E-state index < -0.39 is 0 Å². The molecule has 2 aromatic carbocycles. The molecule has 0 spiro atoms. The Morgan fingerprint density at radius 3 is 2.65 bits per heavy atom. The molecule has 1 aromatic heterocycles. The van der Waals surface area contributed by atoms with E-state index >= 15 is 0 Å². The molecule has 0 fully saturated rings. The summed E-state index contributed by atoms with van der Waals surface area (Å²) >= 11 is 0. The van der Waals surface area contributed by atoms with Crippen LogP contribution in [0.2, 0.25) is 0 Å². The van der Waals surface area contributed by atoms with Gasteiger partial charge in [0, 0.05) is 23.0 Å². The number of benzene rings is 2. The number of amides is 1. The highest BCUT2D eigenvalue weighted by Crippen LogP contribution is 2.37. The summed E-state index contributed by atoms with van der Waals surface area (Å²) in [5.41, 5.74) is 3.12. The van der Waals surface area contributed by atoms with Gasteiger partial charge in [0.1, 0.15) is 17.3 Å². The summed E-state index contributed by atoms with van der Waals surface area (Å²) in [4.78, 5) is 18.3. The molecular weight excluding hydrogens is 328 g/mol. The van der Waals surface area contributed by atoms with Gasteiger partial charge < -0.3 is 14.8 Å². The van der Waals surface area contributed by atoms with Crippen molar-refractivity contribution in [2.24, 2.45) is 0 Å². The molecule has 0 radical (unpaired) electrons. The lowest BCUT2D eigenvalue weighted by Gasteiger charge is -2.19. The van der Waals surface area contributed by atoms with Crippen LogP contribution < -0.4 is 9.64 Å². The summed E-state index contributed by atoms with van der Waals surface area (Å²) in [5, 5.41) is 11.2. The number of fused-ring (bicyclic) bond motifs is 3. The Morgan fingerprint density at radius 2 is 1.96 bits per heavy atom. The van der Waals surface area contributed by atoms with Crippen LogP contribution in [0.25, 0.3) is 16.5 Å². The quantitative estimate of drug-likeness (QED) is 0.554. The third-order valence-corrected chi connectivity index (χ3v) is 4.83. The van der Waals surface area contributed by atoms with Gasteiger partial charge in [-0.3, -0.25) is 9.69 Å². The maximum atomic E-state index is 13.2. The Hall–Kier alpha value is -3.21. The molecule has 0 unspecified atom stereocenters. The zero-order chi connectivity index (χ0) is 18.3. The topological polar surface area (TPSA) is 65.6 Å². The molecule has 5 nitrogen and oxygen atoms in total. The minimum atomic E-state index is -0.200. The Labute approximate surface area is 151 Å². The minimum absolute atomic E-state index is 0.0208. The Bertz CT molecular complexity index is 1010. The number of hydrogen-bond acceptors (Lipinski definition) is 3. The van der Waals surface area contributed by atoms with Gasteiger partial charge in [0.05, 0.1) is 12.7 Å². The highest BCUT2D eigenvalue weighted by Gasteiger charge is 2.31. The number of aliphatic hydroxyl groups excluding tert-OH is 1. The second-order valence-electron chi connectivity index (χ2n) is 6.40. The van der Waals surface area contributed by atoms with E-state index in [9.17, 15) is 9.90 Å². The fraction of sp³-hybridized carbons (Fsp3) is 0.190. The maximum absolute atomic E-state index is 13.2. The molecule has 0 saturated heterocycles. The smallest absolute Gasteiger partial charge is 0.263 e.